The van der Waals surface area contributed by atoms with Crippen LogP contribution >= 0.6 is 0 Å². The molecule has 1 aromatic heterocycles. The van der Waals surface area contributed by atoms with Gasteiger partial charge in [-0.15, -0.1) is 0 Å². The average Bonchev–Trinajstić information content (AvgIpc) is 2.98. The Labute approximate surface area is 245 Å². The maximum absolute atomic E-state index is 14.1. The molecule has 2 heterocycles. The van der Waals surface area contributed by atoms with Gasteiger partial charge in [0, 0.05) is 34.1 Å². The summed E-state index contributed by atoms with van der Waals surface area (Å²) < 4.78 is 89.2. The van der Waals surface area contributed by atoms with Crippen molar-refractivity contribution in [3.05, 3.63) is 125 Å². The molecule has 0 spiro atoms. The second kappa shape index (κ2) is 10.4. The number of halogens is 6. The standard InChI is InChI=1S/C32H20F6N4O2/c33-31(34,35)23-14-16(39)7-9-21(23)29-30(43)22-6-3-13-41-27(22)28(42-29)20-10-12-25(19-5-2-1-4-18(19)20)44-26-11-8-17(40)15-24(26)32(36,37)38/h1-15,29H,39-40H2. The molecule has 0 bridgehead atoms. The van der Waals surface area contributed by atoms with E-state index in [9.17, 15) is 31.1 Å². The summed E-state index contributed by atoms with van der Waals surface area (Å²) in [6, 6.07) is 17.2. The fourth-order valence-electron chi connectivity index (χ4n) is 5.20. The Balaban J connectivity index is 1.54. The third kappa shape index (κ3) is 5.08. The topological polar surface area (TPSA) is 104 Å². The number of carbonyl (C=O) groups is 1. The molecule has 6 rings (SSSR count). The number of anilines is 2. The number of benzene rings is 4. The van der Waals surface area contributed by atoms with E-state index in [4.69, 9.17) is 16.2 Å². The molecule has 0 saturated heterocycles. The van der Waals surface area contributed by atoms with E-state index in [1.165, 1.54) is 42.6 Å². The number of aromatic nitrogens is 1. The fraction of sp³-hybridized carbons (Fsp3) is 0.0938. The number of nitrogen functional groups attached to an aromatic ring is 2. The highest BCUT2D eigenvalue weighted by Crippen LogP contribution is 2.43. The van der Waals surface area contributed by atoms with E-state index >= 15 is 0 Å². The van der Waals surface area contributed by atoms with Crippen LogP contribution in [0.3, 0.4) is 0 Å². The maximum Gasteiger partial charge on any atom is 0.420 e. The van der Waals surface area contributed by atoms with Crippen molar-refractivity contribution < 1.29 is 35.9 Å². The van der Waals surface area contributed by atoms with Crippen LogP contribution in [0, 0.1) is 0 Å². The SMILES string of the molecule is Nc1ccc(Oc2ccc(C3=NC(c4ccc(N)cc4C(F)(F)F)C(=O)c4cccnc43)c3ccccc23)c(C(F)(F)F)c1. The van der Waals surface area contributed by atoms with Gasteiger partial charge < -0.3 is 16.2 Å². The van der Waals surface area contributed by atoms with E-state index in [1.807, 2.05) is 0 Å². The van der Waals surface area contributed by atoms with Crippen LogP contribution in [0.4, 0.5) is 37.7 Å². The Hall–Kier alpha value is -5.39. The highest BCUT2D eigenvalue weighted by Gasteiger charge is 2.40. The zero-order chi connectivity index (χ0) is 31.4. The molecule has 6 nitrogen and oxygen atoms in total. The molecule has 1 unspecified atom stereocenters. The van der Waals surface area contributed by atoms with Crippen molar-refractivity contribution in [1.29, 1.82) is 0 Å². The van der Waals surface area contributed by atoms with Crippen molar-refractivity contribution in [3.63, 3.8) is 0 Å². The number of hydrogen-bond donors (Lipinski definition) is 2. The number of rotatable bonds is 4. The van der Waals surface area contributed by atoms with Crippen LogP contribution in [0.15, 0.2) is 96.1 Å². The minimum atomic E-state index is -4.82. The molecular formula is C32H20F6N4O2. The van der Waals surface area contributed by atoms with E-state index in [1.54, 1.807) is 24.3 Å². The molecule has 0 radical (unpaired) electrons. The second-order valence-corrected chi connectivity index (χ2v) is 10.0. The van der Waals surface area contributed by atoms with E-state index in [0.717, 1.165) is 24.3 Å². The van der Waals surface area contributed by atoms with Crippen LogP contribution in [0.5, 0.6) is 11.5 Å². The van der Waals surface area contributed by atoms with Crippen molar-refractivity contribution in [2.45, 2.75) is 18.4 Å². The van der Waals surface area contributed by atoms with Crippen molar-refractivity contribution in [2.24, 2.45) is 4.99 Å². The van der Waals surface area contributed by atoms with Crippen LogP contribution in [0.1, 0.15) is 44.3 Å². The summed E-state index contributed by atoms with van der Waals surface area (Å²) in [5.74, 6) is -1.08. The number of Topliss-reactive ketones (excluding diaryl/α,β-unsaturated/α-hetero) is 1. The van der Waals surface area contributed by atoms with Gasteiger partial charge in [0.15, 0.2) is 5.78 Å². The molecule has 0 aliphatic carbocycles. The molecule has 4 N–H and O–H groups in total. The van der Waals surface area contributed by atoms with Crippen LogP contribution in [-0.4, -0.2) is 16.5 Å². The summed E-state index contributed by atoms with van der Waals surface area (Å²) in [5.41, 5.74) is 9.18. The second-order valence-electron chi connectivity index (χ2n) is 10.0. The van der Waals surface area contributed by atoms with Crippen LogP contribution in [0.2, 0.25) is 0 Å². The molecular weight excluding hydrogens is 586 g/mol. The average molecular weight is 607 g/mol. The first-order valence-corrected chi connectivity index (χ1v) is 13.0. The zero-order valence-corrected chi connectivity index (χ0v) is 22.4. The Morgan fingerprint density at radius 2 is 1.32 bits per heavy atom. The highest BCUT2D eigenvalue weighted by molar-refractivity contribution is 6.25. The van der Waals surface area contributed by atoms with Crippen LogP contribution in [0.25, 0.3) is 10.8 Å². The number of carbonyl (C=O) groups excluding carboxylic acids is 1. The molecule has 12 heteroatoms. The molecule has 4 aromatic carbocycles. The van der Waals surface area contributed by atoms with Gasteiger partial charge in [-0.2, -0.15) is 26.3 Å². The van der Waals surface area contributed by atoms with Crippen LogP contribution in [-0.2, 0) is 12.4 Å². The molecule has 1 aliphatic heterocycles. The van der Waals surface area contributed by atoms with Gasteiger partial charge in [0.05, 0.1) is 17.0 Å². The number of ketones is 1. The van der Waals surface area contributed by atoms with Crippen molar-refractivity contribution in [3.8, 4) is 11.5 Å². The summed E-state index contributed by atoms with van der Waals surface area (Å²) in [6.45, 7) is 0. The number of pyridine rings is 1. The third-order valence-corrected chi connectivity index (χ3v) is 7.15. The summed E-state index contributed by atoms with van der Waals surface area (Å²) in [5, 5.41) is 0.831. The summed E-state index contributed by atoms with van der Waals surface area (Å²) >= 11 is 0. The fourth-order valence-corrected chi connectivity index (χ4v) is 5.20. The summed E-state index contributed by atoms with van der Waals surface area (Å²) in [6.07, 6.45) is -8.14. The Kier molecular flexibility index (Phi) is 6.79. The van der Waals surface area contributed by atoms with E-state index in [2.05, 4.69) is 9.98 Å². The van der Waals surface area contributed by atoms with Crippen molar-refractivity contribution in [1.82, 2.24) is 4.98 Å². The van der Waals surface area contributed by atoms with Crippen LogP contribution < -0.4 is 16.2 Å². The lowest BCUT2D eigenvalue weighted by atomic mass is 9.87. The third-order valence-electron chi connectivity index (χ3n) is 7.15. The highest BCUT2D eigenvalue weighted by atomic mass is 19.4. The number of alkyl halides is 6. The number of aliphatic imine (C=N–C) groups is 1. The summed E-state index contributed by atoms with van der Waals surface area (Å²) in [4.78, 5) is 22.4. The first-order valence-electron chi connectivity index (χ1n) is 13.0. The molecule has 44 heavy (non-hydrogen) atoms. The van der Waals surface area contributed by atoms with Gasteiger partial charge in [0.2, 0.25) is 0 Å². The van der Waals surface area contributed by atoms with Gasteiger partial charge in [-0.25, -0.2) is 0 Å². The minimum absolute atomic E-state index is 0.0635. The largest absolute Gasteiger partial charge is 0.456 e. The van der Waals surface area contributed by atoms with Crippen molar-refractivity contribution in [2.75, 3.05) is 11.5 Å². The van der Waals surface area contributed by atoms with Gasteiger partial charge in [-0.1, -0.05) is 30.3 Å². The first-order chi connectivity index (χ1) is 20.8. The number of nitrogens with two attached hydrogens (primary N) is 2. The Morgan fingerprint density at radius 3 is 2.02 bits per heavy atom. The monoisotopic (exact) mass is 606 g/mol. The molecule has 222 valence electrons. The minimum Gasteiger partial charge on any atom is -0.456 e. The zero-order valence-electron chi connectivity index (χ0n) is 22.4. The van der Waals surface area contributed by atoms with Gasteiger partial charge in [-0.3, -0.25) is 14.8 Å². The van der Waals surface area contributed by atoms with E-state index in [0.29, 0.717) is 16.3 Å². The lowest BCUT2D eigenvalue weighted by molar-refractivity contribution is -0.139. The van der Waals surface area contributed by atoms with E-state index < -0.39 is 41.1 Å². The predicted molar refractivity (Wildman–Crippen MR) is 153 cm³/mol. The first kappa shape index (κ1) is 28.7. The number of hydrogen-bond acceptors (Lipinski definition) is 6. The Morgan fingerprint density at radius 1 is 0.682 bits per heavy atom. The van der Waals surface area contributed by atoms with Gasteiger partial charge in [0.1, 0.15) is 23.1 Å². The van der Waals surface area contributed by atoms with Gasteiger partial charge in [-0.05, 0) is 65.5 Å². The quantitative estimate of drug-likeness (QED) is 0.159. The predicted octanol–water partition coefficient (Wildman–Crippen LogP) is 8.00. The molecule has 0 amide bonds. The molecule has 0 fully saturated rings. The lowest BCUT2D eigenvalue weighted by Crippen LogP contribution is -2.26. The van der Waals surface area contributed by atoms with Gasteiger partial charge >= 0.3 is 12.4 Å². The molecule has 0 saturated carbocycles. The number of nitrogens with zero attached hydrogens (tertiary/aromatic N) is 2. The van der Waals surface area contributed by atoms with E-state index in [-0.39, 0.29) is 39.7 Å². The number of fused-ring (bicyclic) bond motifs is 2. The lowest BCUT2D eigenvalue weighted by Gasteiger charge is -2.25. The maximum atomic E-state index is 14.1. The summed E-state index contributed by atoms with van der Waals surface area (Å²) in [7, 11) is 0. The van der Waals surface area contributed by atoms with Crippen molar-refractivity contribution >= 4 is 33.6 Å². The van der Waals surface area contributed by atoms with Gasteiger partial charge in [0.25, 0.3) is 0 Å². The smallest absolute Gasteiger partial charge is 0.420 e. The molecule has 1 atom stereocenters. The molecule has 1 aliphatic rings. The number of ether oxygens (including phenoxy) is 1. The molecule has 5 aromatic rings. The Bertz CT molecular complexity index is 1980. The normalized spacial score (nSPS) is 15.2.